The zero-order chi connectivity index (χ0) is 24.0. The van der Waals surface area contributed by atoms with Crippen LogP contribution in [0.1, 0.15) is 11.1 Å². The zero-order valence-corrected chi connectivity index (χ0v) is 21.6. The number of carbonyl (C=O) groups excluding carboxylic acids is 1. The molecule has 0 radical (unpaired) electrons. The van der Waals surface area contributed by atoms with Crippen LogP contribution in [0.25, 0.3) is 0 Å². The molecule has 3 aromatic rings. The Balaban J connectivity index is 1.81. The minimum Gasteiger partial charge on any atom is -0.272 e. The SMILES string of the molecule is O=C(CN(Cc1ccc(Cl)c(Cl)c1)S(=O)(=O)c1ccc(Br)cc1)N/N=C/c1cccc(Cl)c1. The van der Waals surface area contributed by atoms with Crippen LogP contribution in [0.5, 0.6) is 0 Å². The molecule has 0 unspecified atom stereocenters. The Hall–Kier alpha value is -1.94. The third-order valence-electron chi connectivity index (χ3n) is 4.37. The topological polar surface area (TPSA) is 78.8 Å². The maximum atomic E-state index is 13.3. The second-order valence-corrected chi connectivity index (χ2v) is 10.9. The second kappa shape index (κ2) is 11.5. The van der Waals surface area contributed by atoms with E-state index in [1.54, 1.807) is 54.6 Å². The minimum atomic E-state index is -4.01. The van der Waals surface area contributed by atoms with Crippen LogP contribution < -0.4 is 5.43 Å². The van der Waals surface area contributed by atoms with Crippen molar-refractivity contribution in [1.82, 2.24) is 9.73 Å². The van der Waals surface area contributed by atoms with Crippen LogP contribution in [-0.2, 0) is 21.4 Å². The Morgan fingerprint density at radius 2 is 1.73 bits per heavy atom. The number of nitrogens with one attached hydrogen (secondary N) is 1. The largest absolute Gasteiger partial charge is 0.272 e. The highest BCUT2D eigenvalue weighted by Crippen LogP contribution is 2.25. The Morgan fingerprint density at radius 1 is 1.00 bits per heavy atom. The highest BCUT2D eigenvalue weighted by molar-refractivity contribution is 9.10. The molecular weight excluding hydrogens is 573 g/mol. The number of carbonyl (C=O) groups is 1. The first-order valence-corrected chi connectivity index (χ1v) is 12.8. The molecule has 11 heteroatoms. The van der Waals surface area contributed by atoms with Crippen LogP contribution >= 0.6 is 50.7 Å². The van der Waals surface area contributed by atoms with Gasteiger partial charge in [0.15, 0.2) is 0 Å². The number of hydrogen-bond donors (Lipinski definition) is 1. The van der Waals surface area contributed by atoms with Crippen LogP contribution in [0, 0.1) is 0 Å². The van der Waals surface area contributed by atoms with Crippen molar-refractivity contribution in [2.45, 2.75) is 11.4 Å². The summed E-state index contributed by atoms with van der Waals surface area (Å²) in [5, 5.41) is 5.04. The lowest BCUT2D eigenvalue weighted by Crippen LogP contribution is -2.39. The first kappa shape index (κ1) is 25.7. The van der Waals surface area contributed by atoms with Crippen molar-refractivity contribution in [3.8, 4) is 0 Å². The van der Waals surface area contributed by atoms with Crippen LogP contribution in [0.4, 0.5) is 0 Å². The number of amides is 1. The molecule has 0 bridgehead atoms. The second-order valence-electron chi connectivity index (χ2n) is 6.82. The average Bonchev–Trinajstić information content (AvgIpc) is 2.76. The Morgan fingerprint density at radius 3 is 2.39 bits per heavy atom. The highest BCUT2D eigenvalue weighted by Gasteiger charge is 2.27. The van der Waals surface area contributed by atoms with Gasteiger partial charge in [-0.05, 0) is 59.7 Å². The van der Waals surface area contributed by atoms with Gasteiger partial charge in [0.05, 0.1) is 27.7 Å². The van der Waals surface area contributed by atoms with Gasteiger partial charge in [0.2, 0.25) is 10.0 Å². The average molecular weight is 590 g/mol. The third-order valence-corrected chi connectivity index (χ3v) is 7.67. The van der Waals surface area contributed by atoms with Gasteiger partial charge in [-0.15, -0.1) is 0 Å². The van der Waals surface area contributed by atoms with Crippen molar-refractivity contribution < 1.29 is 13.2 Å². The fourth-order valence-electron chi connectivity index (χ4n) is 2.78. The summed E-state index contributed by atoms with van der Waals surface area (Å²) in [5.41, 5.74) is 3.60. The van der Waals surface area contributed by atoms with E-state index in [4.69, 9.17) is 34.8 Å². The summed E-state index contributed by atoms with van der Waals surface area (Å²) < 4.78 is 28.3. The molecule has 6 nitrogen and oxygen atoms in total. The van der Waals surface area contributed by atoms with E-state index in [1.807, 2.05) is 0 Å². The number of benzene rings is 3. The van der Waals surface area contributed by atoms with Crippen LogP contribution in [0.3, 0.4) is 0 Å². The van der Waals surface area contributed by atoms with E-state index in [1.165, 1.54) is 18.3 Å². The Kier molecular flexibility index (Phi) is 8.92. The van der Waals surface area contributed by atoms with Crippen LogP contribution in [0.15, 0.2) is 81.2 Å². The monoisotopic (exact) mass is 587 g/mol. The van der Waals surface area contributed by atoms with E-state index >= 15 is 0 Å². The molecular formula is C22H17BrCl3N3O3S. The van der Waals surface area contributed by atoms with Crippen molar-refractivity contribution in [2.24, 2.45) is 5.10 Å². The molecule has 33 heavy (non-hydrogen) atoms. The van der Waals surface area contributed by atoms with E-state index in [-0.39, 0.29) is 16.5 Å². The van der Waals surface area contributed by atoms with E-state index in [0.717, 1.165) is 8.78 Å². The molecule has 3 rings (SSSR count). The molecule has 1 N–H and O–H groups in total. The lowest BCUT2D eigenvalue weighted by molar-refractivity contribution is -0.121. The first-order valence-electron chi connectivity index (χ1n) is 9.42. The van der Waals surface area contributed by atoms with E-state index in [9.17, 15) is 13.2 Å². The fourth-order valence-corrected chi connectivity index (χ4v) is 4.95. The summed E-state index contributed by atoms with van der Waals surface area (Å²) in [4.78, 5) is 12.6. The van der Waals surface area contributed by atoms with Gasteiger partial charge < -0.3 is 0 Å². The van der Waals surface area contributed by atoms with Gasteiger partial charge in [0.25, 0.3) is 5.91 Å². The van der Waals surface area contributed by atoms with E-state index < -0.39 is 22.5 Å². The van der Waals surface area contributed by atoms with Crippen molar-refractivity contribution in [2.75, 3.05) is 6.54 Å². The molecule has 3 aromatic carbocycles. The number of nitrogens with zero attached hydrogens (tertiary/aromatic N) is 2. The van der Waals surface area contributed by atoms with Gasteiger partial charge in [-0.2, -0.15) is 9.41 Å². The molecule has 1 amide bonds. The van der Waals surface area contributed by atoms with E-state index in [2.05, 4.69) is 26.5 Å². The number of hydrogen-bond acceptors (Lipinski definition) is 4. The number of sulfonamides is 1. The molecule has 0 saturated carbocycles. The van der Waals surface area contributed by atoms with Gasteiger partial charge in [-0.1, -0.05) is 68.9 Å². The molecule has 0 aromatic heterocycles. The molecule has 0 saturated heterocycles. The predicted octanol–water partition coefficient (Wildman–Crippen LogP) is 5.75. The van der Waals surface area contributed by atoms with Crippen molar-refractivity contribution >= 4 is 72.9 Å². The van der Waals surface area contributed by atoms with Gasteiger partial charge in [0.1, 0.15) is 0 Å². The maximum Gasteiger partial charge on any atom is 0.255 e. The zero-order valence-electron chi connectivity index (χ0n) is 16.9. The maximum absolute atomic E-state index is 13.3. The Labute approximate surface area is 215 Å². The van der Waals surface area contributed by atoms with Gasteiger partial charge in [-0.25, -0.2) is 13.8 Å². The molecule has 0 fully saturated rings. The quantitative estimate of drug-likeness (QED) is 0.269. The van der Waals surface area contributed by atoms with Crippen LogP contribution in [-0.4, -0.2) is 31.4 Å². The Bertz CT molecular complexity index is 1290. The lowest BCUT2D eigenvalue weighted by Gasteiger charge is -2.22. The highest BCUT2D eigenvalue weighted by atomic mass is 79.9. The van der Waals surface area contributed by atoms with Crippen LogP contribution in [0.2, 0.25) is 15.1 Å². The predicted molar refractivity (Wildman–Crippen MR) is 135 cm³/mol. The van der Waals surface area contributed by atoms with Crippen molar-refractivity contribution in [3.63, 3.8) is 0 Å². The molecule has 0 aliphatic carbocycles. The summed E-state index contributed by atoms with van der Waals surface area (Å²) in [7, 11) is -4.01. The van der Waals surface area contributed by atoms with Gasteiger partial charge in [0, 0.05) is 16.0 Å². The summed E-state index contributed by atoms with van der Waals surface area (Å²) in [6.45, 7) is -0.563. The third kappa shape index (κ3) is 7.27. The normalized spacial score (nSPS) is 11.8. The van der Waals surface area contributed by atoms with E-state index in [0.29, 0.717) is 21.2 Å². The fraction of sp³-hybridized carbons (Fsp3) is 0.0909. The molecule has 172 valence electrons. The summed E-state index contributed by atoms with van der Waals surface area (Å²) in [5.74, 6) is -0.617. The molecule has 0 heterocycles. The standard InChI is InChI=1S/C22H17BrCl3N3O3S/c23-17-5-7-19(8-6-17)33(31,32)29(13-16-4-9-20(25)21(26)11-16)14-22(30)28-27-12-15-2-1-3-18(24)10-15/h1-12H,13-14H2,(H,28,30)/b27-12+. The van der Waals surface area contributed by atoms with Gasteiger partial charge in [-0.3, -0.25) is 4.79 Å². The molecule has 0 spiro atoms. The smallest absolute Gasteiger partial charge is 0.255 e. The van der Waals surface area contributed by atoms with Crippen molar-refractivity contribution in [3.05, 3.63) is 97.4 Å². The molecule has 0 aliphatic rings. The number of hydrazone groups is 1. The molecule has 0 atom stereocenters. The molecule has 0 aliphatic heterocycles. The minimum absolute atomic E-state index is 0.0426. The van der Waals surface area contributed by atoms with Gasteiger partial charge >= 0.3 is 0 Å². The number of halogens is 4. The summed E-state index contributed by atoms with van der Waals surface area (Å²) >= 11 is 21.3. The van der Waals surface area contributed by atoms with Crippen molar-refractivity contribution in [1.29, 1.82) is 0 Å². The lowest BCUT2D eigenvalue weighted by atomic mass is 10.2. The summed E-state index contributed by atoms with van der Waals surface area (Å²) in [6.07, 6.45) is 1.41. The number of rotatable bonds is 8. The first-order chi connectivity index (χ1) is 15.6. The summed E-state index contributed by atoms with van der Waals surface area (Å²) in [6, 6.07) is 17.8.